The Morgan fingerprint density at radius 2 is 1.78 bits per heavy atom. The van der Waals surface area contributed by atoms with Crippen molar-refractivity contribution in [1.29, 1.82) is 0 Å². The van der Waals surface area contributed by atoms with Crippen molar-refractivity contribution in [2.24, 2.45) is 22.2 Å². The minimum Gasteiger partial charge on any atom is -0.494 e. The highest BCUT2D eigenvalue weighted by molar-refractivity contribution is 7.90. The molecular weight excluding hydrogens is 729 g/mol. The number of sulfonamides is 1. The van der Waals surface area contributed by atoms with Gasteiger partial charge in [0, 0.05) is 25.9 Å². The first kappa shape index (κ1) is 40.5. The van der Waals surface area contributed by atoms with Gasteiger partial charge in [0.25, 0.3) is 0 Å². The van der Waals surface area contributed by atoms with Crippen LogP contribution in [0.4, 0.5) is 9.59 Å². The smallest absolute Gasteiger partial charge is 0.410 e. The lowest BCUT2D eigenvalue weighted by Gasteiger charge is -2.35. The van der Waals surface area contributed by atoms with Crippen molar-refractivity contribution in [2.75, 3.05) is 19.8 Å². The number of carbonyl (C=O) groups excluding carboxylic acids is 5. The molecule has 5 bridgehead atoms. The van der Waals surface area contributed by atoms with Gasteiger partial charge in [0.05, 0.1) is 36.5 Å². The topological polar surface area (TPSA) is 178 Å². The molecule has 15 heteroatoms. The van der Waals surface area contributed by atoms with Crippen LogP contribution in [-0.4, -0.2) is 91.2 Å². The molecule has 0 radical (unpaired) electrons. The Morgan fingerprint density at radius 1 is 1.05 bits per heavy atom. The SMILES string of the molecule is C=C[C@H]1C[C@@]1(CC(=O)C1C[C@@H]2CN1C(=O)[C@H](C(C)(C)C)NC(=O)OCC(C)(C)CCCCCOc1ccc3c(c1)CN(C3)C(=O)O2)C(=O)NS(=O)(=O)C1CC1. The Hall–Kier alpha value is -4.14. The van der Waals surface area contributed by atoms with E-state index in [-0.39, 0.29) is 37.8 Å². The van der Waals surface area contributed by atoms with Gasteiger partial charge in [0.2, 0.25) is 21.8 Å². The average molecular weight is 785 g/mol. The Morgan fingerprint density at radius 3 is 2.45 bits per heavy atom. The molecule has 5 aliphatic rings. The number of hydrogen-bond donors (Lipinski definition) is 2. The number of benzene rings is 1. The minimum atomic E-state index is -3.88. The van der Waals surface area contributed by atoms with Gasteiger partial charge in [0.15, 0.2) is 5.78 Å². The van der Waals surface area contributed by atoms with E-state index in [2.05, 4.69) is 16.6 Å². The number of rotatable bonds is 7. The molecule has 1 aromatic rings. The first-order valence-electron chi connectivity index (χ1n) is 19.5. The lowest BCUT2D eigenvalue weighted by molar-refractivity contribution is -0.142. The van der Waals surface area contributed by atoms with E-state index in [0.29, 0.717) is 32.5 Å². The molecule has 3 heterocycles. The van der Waals surface area contributed by atoms with Crippen molar-refractivity contribution in [1.82, 2.24) is 19.8 Å². The Balaban J connectivity index is 1.26. The number of alkyl carbamates (subject to hydrolysis) is 1. The number of allylic oxidation sites excluding steroid dienone is 1. The van der Waals surface area contributed by atoms with Crippen LogP contribution in [-0.2, 0) is 47.0 Å². The van der Waals surface area contributed by atoms with E-state index in [1.165, 1.54) is 4.90 Å². The number of Topliss-reactive ketones (excluding diaryl/α,β-unsaturated/α-hetero) is 1. The second kappa shape index (κ2) is 15.4. The molecule has 6 rings (SSSR count). The molecular formula is C40H56N4O10S. The highest BCUT2D eigenvalue weighted by Crippen LogP contribution is 2.57. The summed E-state index contributed by atoms with van der Waals surface area (Å²) in [4.78, 5) is 72.2. The molecule has 1 unspecified atom stereocenters. The van der Waals surface area contributed by atoms with Crippen LogP contribution in [0.15, 0.2) is 30.9 Å². The molecule has 55 heavy (non-hydrogen) atoms. The van der Waals surface area contributed by atoms with Crippen molar-refractivity contribution in [3.8, 4) is 5.75 Å². The summed E-state index contributed by atoms with van der Waals surface area (Å²) in [7, 11) is -3.88. The van der Waals surface area contributed by atoms with Gasteiger partial charge >= 0.3 is 12.2 Å². The molecule has 2 saturated carbocycles. The molecule has 1 aromatic carbocycles. The third-order valence-corrected chi connectivity index (χ3v) is 13.5. The molecule has 2 N–H and O–H groups in total. The summed E-state index contributed by atoms with van der Waals surface area (Å²) >= 11 is 0. The maximum absolute atomic E-state index is 14.6. The van der Waals surface area contributed by atoms with Crippen LogP contribution >= 0.6 is 0 Å². The van der Waals surface area contributed by atoms with Crippen molar-refractivity contribution in [2.45, 2.75) is 129 Å². The Bertz CT molecular complexity index is 1820. The van der Waals surface area contributed by atoms with E-state index in [4.69, 9.17) is 14.2 Å². The van der Waals surface area contributed by atoms with Gasteiger partial charge in [0.1, 0.15) is 17.9 Å². The minimum absolute atomic E-state index is 0.0403. The Kier molecular flexibility index (Phi) is 11.4. The fourth-order valence-corrected chi connectivity index (χ4v) is 9.31. The predicted molar refractivity (Wildman–Crippen MR) is 202 cm³/mol. The molecule has 302 valence electrons. The van der Waals surface area contributed by atoms with Gasteiger partial charge < -0.3 is 24.4 Å². The number of amides is 4. The van der Waals surface area contributed by atoms with Gasteiger partial charge in [-0.2, -0.15) is 0 Å². The van der Waals surface area contributed by atoms with Crippen LogP contribution < -0.4 is 14.8 Å². The standard InChI is InChI=1S/C40H56N4O10S/c1-7-27-19-40(27,35(47)42-55(50,51)30-13-14-30)20-32(45)31-18-29-23-44(31)34(46)33(38(2,3)4)41-36(48)53-24-39(5,6)15-9-8-10-16-52-28-12-11-25-21-43(37(49)54-29)22-26(25)17-28/h7,11-12,17,27,29-31,33H,1,8-10,13-16,18-24H2,2-6H3,(H,41,48)(H,42,47)/t27-,29+,31?,33+,40-/m0/s1. The zero-order chi connectivity index (χ0) is 39.9. The number of nitrogens with zero attached hydrogens (tertiary/aromatic N) is 2. The van der Waals surface area contributed by atoms with Crippen LogP contribution in [0, 0.1) is 22.2 Å². The summed E-state index contributed by atoms with van der Waals surface area (Å²) in [6, 6.07) is 3.53. The van der Waals surface area contributed by atoms with Gasteiger partial charge in [-0.25, -0.2) is 18.0 Å². The fraction of sp³-hybridized carbons (Fsp3) is 0.675. The molecule has 0 aromatic heterocycles. The van der Waals surface area contributed by atoms with Crippen LogP contribution in [0.3, 0.4) is 0 Å². The molecule has 14 nitrogen and oxygen atoms in total. The van der Waals surface area contributed by atoms with Crippen LogP contribution in [0.25, 0.3) is 0 Å². The highest BCUT2D eigenvalue weighted by Gasteiger charge is 2.61. The Labute approximate surface area is 324 Å². The van der Waals surface area contributed by atoms with E-state index in [1.54, 1.807) is 31.7 Å². The summed E-state index contributed by atoms with van der Waals surface area (Å²) in [5.41, 5.74) is -0.575. The zero-order valence-corrected chi connectivity index (χ0v) is 33.5. The fourth-order valence-electron chi connectivity index (χ4n) is 7.93. The van der Waals surface area contributed by atoms with E-state index in [9.17, 15) is 32.4 Å². The monoisotopic (exact) mass is 784 g/mol. The number of ketones is 1. The van der Waals surface area contributed by atoms with Gasteiger partial charge in [-0.1, -0.05) is 59.6 Å². The second-order valence-corrected chi connectivity index (χ2v) is 19.9. The summed E-state index contributed by atoms with van der Waals surface area (Å²) in [5.74, 6) is -1.52. The third-order valence-electron chi connectivity index (χ3n) is 11.6. The largest absolute Gasteiger partial charge is 0.494 e. The highest BCUT2D eigenvalue weighted by atomic mass is 32.2. The maximum atomic E-state index is 14.6. The van der Waals surface area contributed by atoms with Crippen LogP contribution in [0.5, 0.6) is 5.75 Å². The average Bonchev–Trinajstić information content (AvgIpc) is 4.01. The number of nitrogens with one attached hydrogen (secondary N) is 2. The summed E-state index contributed by atoms with van der Waals surface area (Å²) in [6.45, 7) is 14.4. The summed E-state index contributed by atoms with van der Waals surface area (Å²) in [5, 5.41) is 2.12. The molecule has 3 fully saturated rings. The van der Waals surface area contributed by atoms with Gasteiger partial charge in [-0.3, -0.25) is 24.0 Å². The number of ether oxygens (including phenoxy) is 3. The normalized spacial score (nSPS) is 29.1. The molecule has 4 amide bonds. The van der Waals surface area contributed by atoms with Crippen molar-refractivity contribution in [3.63, 3.8) is 0 Å². The molecule has 1 saturated heterocycles. The van der Waals surface area contributed by atoms with E-state index in [1.807, 2.05) is 32.0 Å². The zero-order valence-electron chi connectivity index (χ0n) is 32.7. The number of cyclic esters (lactones) is 1. The lowest BCUT2D eigenvalue weighted by Crippen LogP contribution is -2.57. The van der Waals surface area contributed by atoms with Crippen LogP contribution in [0.2, 0.25) is 0 Å². The molecule has 2 aliphatic carbocycles. The van der Waals surface area contributed by atoms with E-state index < -0.39 is 80.0 Å². The predicted octanol–water partition coefficient (Wildman–Crippen LogP) is 4.99. The summed E-state index contributed by atoms with van der Waals surface area (Å²) in [6.07, 6.45) is 3.56. The van der Waals surface area contributed by atoms with E-state index in [0.717, 1.165) is 42.6 Å². The molecule has 0 spiro atoms. The number of hydrogen-bond acceptors (Lipinski definition) is 10. The third kappa shape index (κ3) is 9.29. The van der Waals surface area contributed by atoms with Crippen molar-refractivity contribution < 1.29 is 46.6 Å². The first-order valence-corrected chi connectivity index (χ1v) is 21.0. The van der Waals surface area contributed by atoms with Gasteiger partial charge in [-0.15, -0.1) is 6.58 Å². The van der Waals surface area contributed by atoms with E-state index >= 15 is 0 Å². The quantitative estimate of drug-likeness (QED) is 0.358. The number of carbonyl (C=O) groups is 5. The van der Waals surface area contributed by atoms with Crippen molar-refractivity contribution in [3.05, 3.63) is 42.0 Å². The second-order valence-electron chi connectivity index (χ2n) is 17.9. The van der Waals surface area contributed by atoms with Crippen molar-refractivity contribution >= 4 is 39.8 Å². The first-order chi connectivity index (χ1) is 25.8. The molecule has 5 atom stereocenters. The summed E-state index contributed by atoms with van der Waals surface area (Å²) < 4.78 is 45.3. The van der Waals surface area contributed by atoms with Gasteiger partial charge in [-0.05, 0) is 72.1 Å². The molecule has 3 aliphatic heterocycles. The lowest BCUT2D eigenvalue weighted by atomic mass is 9.85. The van der Waals surface area contributed by atoms with Crippen LogP contribution in [0.1, 0.15) is 104 Å². The maximum Gasteiger partial charge on any atom is 0.410 e. The number of fused-ring (bicyclic) bond motifs is 4.